The second-order valence-corrected chi connectivity index (χ2v) is 9.11. The van der Waals surface area contributed by atoms with Crippen molar-refractivity contribution in [1.29, 1.82) is 0 Å². The van der Waals surface area contributed by atoms with Crippen molar-refractivity contribution in [3.8, 4) is 0 Å². The average Bonchev–Trinajstić information content (AvgIpc) is 3.46. The van der Waals surface area contributed by atoms with Crippen LogP contribution in [0, 0.1) is 0 Å². The molecule has 2 aliphatic rings. The molecule has 28 heavy (non-hydrogen) atoms. The Hall–Kier alpha value is -1.73. The number of hydrogen-bond donors (Lipinski definition) is 1. The molecule has 4 rings (SSSR count). The van der Waals surface area contributed by atoms with Gasteiger partial charge in [-0.3, -0.25) is 0 Å². The fourth-order valence-electron chi connectivity index (χ4n) is 3.78. The van der Waals surface area contributed by atoms with Crippen LogP contribution in [0.2, 0.25) is 0 Å². The molecule has 2 heterocycles. The molecule has 2 aromatic rings. The lowest BCUT2D eigenvalue weighted by molar-refractivity contribution is -0.142. The fraction of sp³-hybridized carbons (Fsp3) is 0.667. The van der Waals surface area contributed by atoms with E-state index < -0.39 is 6.04 Å². The summed E-state index contributed by atoms with van der Waals surface area (Å²) in [5.41, 5.74) is 1.37. The van der Waals surface area contributed by atoms with Crippen LogP contribution in [-0.4, -0.2) is 41.8 Å². The number of nitrogens with zero attached hydrogens (tertiary/aromatic N) is 2. The quantitative estimate of drug-likeness (QED) is 0.666. The van der Waals surface area contributed by atoms with Gasteiger partial charge in [-0.05, 0) is 57.9 Å². The highest BCUT2D eigenvalue weighted by Crippen LogP contribution is 2.43. The third-order valence-corrected chi connectivity index (χ3v) is 6.61. The number of carbonyl (C=O) groups is 1. The monoisotopic (exact) mass is 403 g/mol. The lowest BCUT2D eigenvalue weighted by Gasteiger charge is -2.19. The first-order valence-corrected chi connectivity index (χ1v) is 11.2. The Labute approximate surface area is 170 Å². The van der Waals surface area contributed by atoms with Gasteiger partial charge in [0.15, 0.2) is 0 Å². The fourth-order valence-corrected chi connectivity index (χ4v) is 5.05. The normalized spacial score (nSPS) is 17.6. The summed E-state index contributed by atoms with van der Waals surface area (Å²) in [5, 5.41) is 4.52. The van der Waals surface area contributed by atoms with Crippen LogP contribution in [0.3, 0.4) is 0 Å². The Bertz CT molecular complexity index is 860. The van der Waals surface area contributed by atoms with E-state index in [0.29, 0.717) is 18.9 Å². The smallest absolute Gasteiger partial charge is 0.328 e. The Morgan fingerprint density at radius 1 is 1.25 bits per heavy atom. The maximum Gasteiger partial charge on any atom is 0.328 e. The number of ether oxygens (including phenoxy) is 2. The molecule has 1 N–H and O–H groups in total. The van der Waals surface area contributed by atoms with E-state index in [-0.39, 0.29) is 12.1 Å². The van der Waals surface area contributed by atoms with Crippen molar-refractivity contribution in [2.75, 3.05) is 19.0 Å². The second-order valence-electron chi connectivity index (χ2n) is 8.02. The summed E-state index contributed by atoms with van der Waals surface area (Å²) >= 11 is 1.80. The summed E-state index contributed by atoms with van der Waals surface area (Å²) in [6, 6.07) is -0.479. The number of thiophene rings is 1. The Morgan fingerprint density at radius 3 is 2.75 bits per heavy atom. The van der Waals surface area contributed by atoms with Gasteiger partial charge in [0.1, 0.15) is 22.5 Å². The average molecular weight is 404 g/mol. The molecule has 0 amide bonds. The van der Waals surface area contributed by atoms with Crippen molar-refractivity contribution >= 4 is 33.3 Å². The van der Waals surface area contributed by atoms with Gasteiger partial charge in [-0.25, -0.2) is 14.8 Å². The zero-order chi connectivity index (χ0) is 19.7. The molecule has 1 fully saturated rings. The molecule has 0 saturated heterocycles. The molecular weight excluding hydrogens is 374 g/mol. The van der Waals surface area contributed by atoms with Gasteiger partial charge in [-0.2, -0.15) is 0 Å². The number of fused-ring (bicyclic) bond motifs is 3. The number of rotatable bonds is 8. The van der Waals surface area contributed by atoms with E-state index in [1.807, 2.05) is 13.8 Å². The number of anilines is 1. The van der Waals surface area contributed by atoms with Gasteiger partial charge >= 0.3 is 5.97 Å². The van der Waals surface area contributed by atoms with Gasteiger partial charge in [0, 0.05) is 23.8 Å². The lowest BCUT2D eigenvalue weighted by atomic mass is 9.97. The molecule has 2 aromatic heterocycles. The van der Waals surface area contributed by atoms with Crippen LogP contribution in [-0.2, 0) is 27.1 Å². The predicted octanol–water partition coefficient (Wildman–Crippen LogP) is 4.22. The van der Waals surface area contributed by atoms with Crippen molar-refractivity contribution in [2.45, 2.75) is 76.9 Å². The third kappa shape index (κ3) is 4.15. The van der Waals surface area contributed by atoms with Gasteiger partial charge in [-0.15, -0.1) is 11.3 Å². The van der Waals surface area contributed by atoms with Gasteiger partial charge in [0.2, 0.25) is 0 Å². The molecule has 2 aliphatic carbocycles. The summed E-state index contributed by atoms with van der Waals surface area (Å²) < 4.78 is 10.7. The maximum absolute atomic E-state index is 12.4. The second kappa shape index (κ2) is 8.33. The summed E-state index contributed by atoms with van der Waals surface area (Å²) in [4.78, 5) is 24.7. The number of esters is 1. The number of nitrogens with one attached hydrogen (secondary N) is 1. The Kier molecular flexibility index (Phi) is 5.83. The van der Waals surface area contributed by atoms with E-state index >= 15 is 0 Å². The van der Waals surface area contributed by atoms with E-state index in [9.17, 15) is 4.79 Å². The van der Waals surface area contributed by atoms with E-state index in [1.54, 1.807) is 11.3 Å². The van der Waals surface area contributed by atoms with Gasteiger partial charge in [0.25, 0.3) is 0 Å². The molecular formula is C21H29N3O3S. The van der Waals surface area contributed by atoms with E-state index in [2.05, 4.69) is 5.32 Å². The molecule has 0 radical (unpaired) electrons. The largest absolute Gasteiger partial charge is 0.467 e. The minimum absolute atomic E-state index is 0.134. The standard InChI is InChI=1S/C21H29N3O3S/c1-12(2)27-11-10-15(21(25)26-3)22-19-17-14-6-4-5-7-16(14)28-20(17)24-18(23-19)13-8-9-13/h12-13,15H,4-11H2,1-3H3,(H,22,23,24). The van der Waals surface area contributed by atoms with Crippen molar-refractivity contribution in [3.63, 3.8) is 0 Å². The topological polar surface area (TPSA) is 73.3 Å². The first-order chi connectivity index (χ1) is 13.6. The van der Waals surface area contributed by atoms with Crippen LogP contribution >= 0.6 is 11.3 Å². The number of aryl methyl sites for hydroxylation is 2. The number of methoxy groups -OCH3 is 1. The molecule has 0 bridgehead atoms. The summed E-state index contributed by atoms with van der Waals surface area (Å²) in [7, 11) is 1.43. The highest BCUT2D eigenvalue weighted by Gasteiger charge is 2.30. The third-order valence-electron chi connectivity index (χ3n) is 5.43. The van der Waals surface area contributed by atoms with Crippen molar-refractivity contribution < 1.29 is 14.3 Å². The van der Waals surface area contributed by atoms with Gasteiger partial charge < -0.3 is 14.8 Å². The molecule has 1 saturated carbocycles. The minimum atomic E-state index is -0.479. The van der Waals surface area contributed by atoms with Crippen LogP contribution in [0.25, 0.3) is 10.2 Å². The minimum Gasteiger partial charge on any atom is -0.467 e. The summed E-state index contributed by atoms with van der Waals surface area (Å²) in [6.45, 7) is 4.48. The van der Waals surface area contributed by atoms with Crippen LogP contribution in [0.15, 0.2) is 0 Å². The Balaban J connectivity index is 1.68. The number of carbonyl (C=O) groups excluding carboxylic acids is 1. The van der Waals surface area contributed by atoms with Crippen molar-refractivity contribution in [1.82, 2.24) is 9.97 Å². The van der Waals surface area contributed by atoms with Gasteiger partial charge in [-0.1, -0.05) is 0 Å². The molecule has 1 unspecified atom stereocenters. The Morgan fingerprint density at radius 2 is 2.04 bits per heavy atom. The zero-order valence-corrected chi connectivity index (χ0v) is 17.7. The summed E-state index contributed by atoms with van der Waals surface area (Å²) in [6.07, 6.45) is 7.61. The van der Waals surface area contributed by atoms with Crippen LogP contribution in [0.1, 0.15) is 68.1 Å². The summed E-state index contributed by atoms with van der Waals surface area (Å²) in [5.74, 6) is 1.89. The molecule has 0 aliphatic heterocycles. The molecule has 0 aromatic carbocycles. The van der Waals surface area contributed by atoms with Crippen molar-refractivity contribution in [2.24, 2.45) is 0 Å². The first-order valence-electron chi connectivity index (χ1n) is 10.3. The highest BCUT2D eigenvalue weighted by molar-refractivity contribution is 7.19. The van der Waals surface area contributed by atoms with Crippen LogP contribution in [0.5, 0.6) is 0 Å². The SMILES string of the molecule is COC(=O)C(CCOC(C)C)Nc1nc(C2CC2)nc2sc3c(c12)CCCC3. The zero-order valence-electron chi connectivity index (χ0n) is 16.9. The van der Waals surface area contributed by atoms with E-state index in [4.69, 9.17) is 19.4 Å². The van der Waals surface area contributed by atoms with E-state index in [1.165, 1.54) is 30.4 Å². The van der Waals surface area contributed by atoms with Crippen LogP contribution in [0.4, 0.5) is 5.82 Å². The lowest BCUT2D eigenvalue weighted by Crippen LogP contribution is -2.33. The molecule has 7 heteroatoms. The molecule has 0 spiro atoms. The van der Waals surface area contributed by atoms with Crippen LogP contribution < -0.4 is 5.32 Å². The predicted molar refractivity (Wildman–Crippen MR) is 111 cm³/mol. The first kappa shape index (κ1) is 19.6. The number of hydrogen-bond acceptors (Lipinski definition) is 7. The highest BCUT2D eigenvalue weighted by atomic mass is 32.1. The molecule has 152 valence electrons. The van der Waals surface area contributed by atoms with Gasteiger partial charge in [0.05, 0.1) is 18.6 Å². The number of aromatic nitrogens is 2. The molecule has 1 atom stereocenters. The van der Waals surface area contributed by atoms with Crippen molar-refractivity contribution in [3.05, 3.63) is 16.3 Å². The molecule has 6 nitrogen and oxygen atoms in total. The van der Waals surface area contributed by atoms with E-state index in [0.717, 1.165) is 47.5 Å². The maximum atomic E-state index is 12.4.